The van der Waals surface area contributed by atoms with Gasteiger partial charge in [0.2, 0.25) is 0 Å². The van der Waals surface area contributed by atoms with Crippen LogP contribution >= 0.6 is 0 Å². The van der Waals surface area contributed by atoms with Crippen molar-refractivity contribution in [3.63, 3.8) is 0 Å². The van der Waals surface area contributed by atoms with Crippen molar-refractivity contribution in [3.05, 3.63) is 176 Å². The lowest BCUT2D eigenvalue weighted by Crippen LogP contribution is -2.12. The summed E-state index contributed by atoms with van der Waals surface area (Å²) >= 11 is 0. The molecule has 11 rings (SSSR count). The molecular formula is C48H29NO3. The van der Waals surface area contributed by atoms with Crippen molar-refractivity contribution in [3.8, 4) is 22.3 Å². The maximum absolute atomic E-state index is 6.80. The summed E-state index contributed by atoms with van der Waals surface area (Å²) in [4.78, 5) is 2.39. The molecule has 0 radical (unpaired) electrons. The molecule has 52 heavy (non-hydrogen) atoms. The molecule has 0 atom stereocenters. The summed E-state index contributed by atoms with van der Waals surface area (Å²) in [5, 5.41) is 6.34. The molecule has 0 aliphatic rings. The third kappa shape index (κ3) is 4.28. The summed E-state index contributed by atoms with van der Waals surface area (Å²) in [6.45, 7) is 0. The molecule has 0 bridgehead atoms. The quantitative estimate of drug-likeness (QED) is 0.183. The molecule has 11 aromatic rings. The van der Waals surface area contributed by atoms with E-state index in [9.17, 15) is 0 Å². The van der Waals surface area contributed by atoms with E-state index in [0.29, 0.717) is 0 Å². The number of hydrogen-bond acceptors (Lipinski definition) is 4. The molecule has 4 heteroatoms. The first-order chi connectivity index (χ1) is 25.8. The second-order valence-electron chi connectivity index (χ2n) is 13.2. The number of benzene rings is 8. The number of nitrogens with zero attached hydrogens (tertiary/aromatic N) is 1. The predicted molar refractivity (Wildman–Crippen MR) is 214 cm³/mol. The van der Waals surface area contributed by atoms with Gasteiger partial charge in [0, 0.05) is 44.4 Å². The SMILES string of the molecule is c1ccc(-c2ccc3oc4ccccc4c3c2N(c2ccc3c(c2)oc2ccccc23)c2ccc(-c3ccccc3)c3oc4ccccc4c23)cc1. The Hall–Kier alpha value is -7.04. The van der Waals surface area contributed by atoms with Gasteiger partial charge in [-0.2, -0.15) is 0 Å². The highest BCUT2D eigenvalue weighted by Crippen LogP contribution is 2.52. The Morgan fingerprint density at radius 2 is 0.885 bits per heavy atom. The normalized spacial score (nSPS) is 11.8. The van der Waals surface area contributed by atoms with Crippen LogP contribution in [0.5, 0.6) is 0 Å². The Kier molecular flexibility index (Phi) is 6.22. The third-order valence-corrected chi connectivity index (χ3v) is 10.3. The van der Waals surface area contributed by atoms with Crippen molar-refractivity contribution in [1.82, 2.24) is 0 Å². The first-order valence-electron chi connectivity index (χ1n) is 17.5. The smallest absolute Gasteiger partial charge is 0.145 e. The van der Waals surface area contributed by atoms with Gasteiger partial charge in [-0.05, 0) is 65.7 Å². The predicted octanol–water partition coefficient (Wildman–Crippen LogP) is 14.2. The van der Waals surface area contributed by atoms with Crippen molar-refractivity contribution in [2.45, 2.75) is 0 Å². The van der Waals surface area contributed by atoms with Crippen LogP contribution in [0.2, 0.25) is 0 Å². The molecule has 0 unspecified atom stereocenters. The van der Waals surface area contributed by atoms with Crippen molar-refractivity contribution in [1.29, 1.82) is 0 Å². The van der Waals surface area contributed by atoms with E-state index < -0.39 is 0 Å². The van der Waals surface area contributed by atoms with Crippen LogP contribution in [-0.2, 0) is 0 Å². The van der Waals surface area contributed by atoms with E-state index in [2.05, 4.69) is 144 Å². The molecule has 0 aliphatic carbocycles. The molecule has 0 aliphatic heterocycles. The maximum atomic E-state index is 6.80. The zero-order chi connectivity index (χ0) is 34.2. The maximum Gasteiger partial charge on any atom is 0.145 e. The van der Waals surface area contributed by atoms with E-state index in [1.807, 2.05) is 36.4 Å². The molecule has 4 nitrogen and oxygen atoms in total. The second-order valence-corrected chi connectivity index (χ2v) is 13.2. The van der Waals surface area contributed by atoms with E-state index in [-0.39, 0.29) is 0 Å². The van der Waals surface area contributed by atoms with Crippen LogP contribution in [0.25, 0.3) is 88.1 Å². The Morgan fingerprint density at radius 1 is 0.346 bits per heavy atom. The molecule has 0 N–H and O–H groups in total. The number of para-hydroxylation sites is 3. The van der Waals surface area contributed by atoms with Crippen molar-refractivity contribution in [2.75, 3.05) is 4.90 Å². The summed E-state index contributed by atoms with van der Waals surface area (Å²) in [5.41, 5.74) is 12.3. The van der Waals surface area contributed by atoms with Crippen LogP contribution < -0.4 is 4.90 Å². The summed E-state index contributed by atoms with van der Waals surface area (Å²) in [5.74, 6) is 0. The minimum Gasteiger partial charge on any atom is -0.456 e. The van der Waals surface area contributed by atoms with Crippen LogP contribution in [0.3, 0.4) is 0 Å². The van der Waals surface area contributed by atoms with Gasteiger partial charge in [0.15, 0.2) is 0 Å². The lowest BCUT2D eigenvalue weighted by atomic mass is 9.96. The van der Waals surface area contributed by atoms with E-state index in [0.717, 1.165) is 105 Å². The molecule has 0 saturated heterocycles. The van der Waals surface area contributed by atoms with Gasteiger partial charge < -0.3 is 18.2 Å². The minimum absolute atomic E-state index is 0.819. The standard InChI is InChI=1S/C48H29NO3/c1-3-13-30(14-4-1)33-26-28-43-46(38-19-9-11-21-41(38)50-43)47(33)49(32-23-24-36-35-17-7-10-20-40(35)51-44(36)29-32)39-27-25-34(31-15-5-2-6-16-31)48-45(39)37-18-8-12-22-42(37)52-48/h1-29H. The zero-order valence-electron chi connectivity index (χ0n) is 27.9. The highest BCUT2D eigenvalue weighted by molar-refractivity contribution is 6.22. The number of rotatable bonds is 5. The molecule has 0 fully saturated rings. The largest absolute Gasteiger partial charge is 0.456 e. The fraction of sp³-hybridized carbons (Fsp3) is 0. The molecule has 8 aromatic carbocycles. The Balaban J connectivity index is 1.32. The van der Waals surface area contributed by atoms with Gasteiger partial charge in [0.25, 0.3) is 0 Å². The molecule has 244 valence electrons. The minimum atomic E-state index is 0.819. The topological polar surface area (TPSA) is 42.7 Å². The van der Waals surface area contributed by atoms with Crippen LogP contribution in [-0.4, -0.2) is 0 Å². The first kappa shape index (κ1) is 28.8. The second kappa shape index (κ2) is 11.2. The lowest BCUT2D eigenvalue weighted by Gasteiger charge is -2.29. The van der Waals surface area contributed by atoms with Crippen molar-refractivity contribution >= 4 is 82.9 Å². The third-order valence-electron chi connectivity index (χ3n) is 10.3. The van der Waals surface area contributed by atoms with Gasteiger partial charge in [0.1, 0.15) is 33.5 Å². The summed E-state index contributed by atoms with van der Waals surface area (Å²) in [6.07, 6.45) is 0. The number of furan rings is 3. The fourth-order valence-corrected chi connectivity index (χ4v) is 7.97. The number of fused-ring (bicyclic) bond motifs is 9. The van der Waals surface area contributed by atoms with Crippen LogP contribution in [0.4, 0.5) is 17.1 Å². The van der Waals surface area contributed by atoms with E-state index in [1.165, 1.54) is 0 Å². The fourth-order valence-electron chi connectivity index (χ4n) is 7.97. The van der Waals surface area contributed by atoms with Crippen molar-refractivity contribution in [2.24, 2.45) is 0 Å². The lowest BCUT2D eigenvalue weighted by molar-refractivity contribution is 0.669. The van der Waals surface area contributed by atoms with Crippen LogP contribution in [0.1, 0.15) is 0 Å². The molecule has 3 aromatic heterocycles. The Morgan fingerprint density at radius 3 is 1.62 bits per heavy atom. The molecular weight excluding hydrogens is 639 g/mol. The van der Waals surface area contributed by atoms with Gasteiger partial charge in [0.05, 0.1) is 22.1 Å². The van der Waals surface area contributed by atoms with Crippen LogP contribution in [0, 0.1) is 0 Å². The Bertz CT molecular complexity index is 3130. The van der Waals surface area contributed by atoms with E-state index in [1.54, 1.807) is 0 Å². The average Bonchev–Trinajstić information content (AvgIpc) is 3.90. The highest BCUT2D eigenvalue weighted by atomic mass is 16.3. The summed E-state index contributed by atoms with van der Waals surface area (Å²) in [6, 6.07) is 61.2. The number of hydrogen-bond donors (Lipinski definition) is 0. The van der Waals surface area contributed by atoms with Gasteiger partial charge in [-0.25, -0.2) is 0 Å². The van der Waals surface area contributed by atoms with Gasteiger partial charge in [-0.15, -0.1) is 0 Å². The van der Waals surface area contributed by atoms with E-state index >= 15 is 0 Å². The van der Waals surface area contributed by atoms with Gasteiger partial charge in [-0.3, -0.25) is 0 Å². The zero-order valence-corrected chi connectivity index (χ0v) is 27.9. The molecule has 0 saturated carbocycles. The average molecular weight is 668 g/mol. The first-order valence-corrected chi connectivity index (χ1v) is 17.5. The van der Waals surface area contributed by atoms with Gasteiger partial charge in [-0.1, -0.05) is 115 Å². The highest BCUT2D eigenvalue weighted by Gasteiger charge is 2.28. The van der Waals surface area contributed by atoms with Crippen LogP contribution in [0.15, 0.2) is 189 Å². The Labute approximate surface area is 298 Å². The van der Waals surface area contributed by atoms with Crippen molar-refractivity contribution < 1.29 is 13.3 Å². The number of anilines is 3. The molecule has 3 heterocycles. The van der Waals surface area contributed by atoms with Gasteiger partial charge >= 0.3 is 0 Å². The molecule has 0 spiro atoms. The molecule has 0 amide bonds. The summed E-state index contributed by atoms with van der Waals surface area (Å²) in [7, 11) is 0. The summed E-state index contributed by atoms with van der Waals surface area (Å²) < 4.78 is 19.9. The monoisotopic (exact) mass is 667 g/mol. The van der Waals surface area contributed by atoms with E-state index in [4.69, 9.17) is 13.3 Å².